The lowest BCUT2D eigenvalue weighted by Crippen LogP contribution is -2.45. The number of nitrogens with one attached hydrogen (secondary N) is 3. The van der Waals surface area contributed by atoms with Crippen LogP contribution < -0.4 is 16.0 Å². The Morgan fingerprint density at radius 3 is 2.50 bits per heavy atom. The largest absolute Gasteiger partial charge is 0.380 e. The maximum absolute atomic E-state index is 14.9. The van der Waals surface area contributed by atoms with Gasteiger partial charge in [0.1, 0.15) is 11.9 Å². The van der Waals surface area contributed by atoms with Crippen molar-refractivity contribution in [2.24, 2.45) is 0 Å². The summed E-state index contributed by atoms with van der Waals surface area (Å²) in [7, 11) is 3.29. The maximum atomic E-state index is 14.9. The molecule has 0 radical (unpaired) electrons. The second kappa shape index (κ2) is 11.2. The van der Waals surface area contributed by atoms with Crippen LogP contribution in [0.15, 0.2) is 42.5 Å². The summed E-state index contributed by atoms with van der Waals surface area (Å²) in [5, 5.41) is 8.92. The molecule has 9 nitrogen and oxygen atoms in total. The predicted octanol–water partition coefficient (Wildman–Crippen LogP) is 3.52. The number of hydrogen-bond acceptors (Lipinski definition) is 5. The van der Waals surface area contributed by atoms with Gasteiger partial charge in [-0.2, -0.15) is 0 Å². The lowest BCUT2D eigenvalue weighted by Gasteiger charge is -2.25. The normalized spacial score (nSPS) is 21.5. The summed E-state index contributed by atoms with van der Waals surface area (Å²) in [5.74, 6) is -1.55. The zero-order valence-corrected chi connectivity index (χ0v) is 20.8. The first-order valence-electron chi connectivity index (χ1n) is 11.8. The quantitative estimate of drug-likeness (QED) is 0.544. The molecule has 4 amide bonds. The van der Waals surface area contributed by atoms with Crippen LogP contribution in [0.3, 0.4) is 0 Å². The number of hydrogen-bond donors (Lipinski definition) is 3. The molecule has 192 valence electrons. The van der Waals surface area contributed by atoms with Gasteiger partial charge < -0.3 is 30.5 Å². The number of nitrogens with zero attached hydrogens (tertiary/aromatic N) is 2. The molecule has 2 aliphatic heterocycles. The van der Waals surface area contributed by atoms with Crippen LogP contribution in [-0.4, -0.2) is 73.2 Å². The third kappa shape index (κ3) is 5.61. The lowest BCUT2D eigenvalue weighted by atomic mass is 10.1. The van der Waals surface area contributed by atoms with Crippen molar-refractivity contribution < 1.29 is 23.5 Å². The average Bonchev–Trinajstić information content (AvgIpc) is 3.53. The maximum Gasteiger partial charge on any atom is 0.322 e. The molecule has 2 aromatic carbocycles. The van der Waals surface area contributed by atoms with Gasteiger partial charge in [0.25, 0.3) is 5.91 Å². The summed E-state index contributed by atoms with van der Waals surface area (Å²) >= 11 is 5.89. The highest BCUT2D eigenvalue weighted by Crippen LogP contribution is 2.25. The second-order valence-corrected chi connectivity index (χ2v) is 9.26. The van der Waals surface area contributed by atoms with Gasteiger partial charge in [-0.05, 0) is 62.4 Å². The molecule has 3 N–H and O–H groups in total. The number of halogens is 2. The molecule has 0 saturated carbocycles. The number of rotatable bonds is 6. The van der Waals surface area contributed by atoms with E-state index in [4.69, 9.17) is 16.3 Å². The van der Waals surface area contributed by atoms with Crippen LogP contribution in [0.25, 0.3) is 0 Å². The summed E-state index contributed by atoms with van der Waals surface area (Å²) in [4.78, 5) is 41.9. The van der Waals surface area contributed by atoms with E-state index in [-0.39, 0.29) is 42.4 Å². The van der Waals surface area contributed by atoms with Crippen molar-refractivity contribution >= 4 is 40.8 Å². The van der Waals surface area contributed by atoms with Crippen molar-refractivity contribution in [3.63, 3.8) is 0 Å². The first-order chi connectivity index (χ1) is 17.3. The summed E-state index contributed by atoms with van der Waals surface area (Å²) in [6, 6.07) is 9.21. The van der Waals surface area contributed by atoms with E-state index >= 15 is 0 Å². The van der Waals surface area contributed by atoms with E-state index in [0.29, 0.717) is 17.3 Å². The minimum atomic E-state index is -0.871. The molecule has 11 heteroatoms. The molecule has 2 saturated heterocycles. The van der Waals surface area contributed by atoms with Gasteiger partial charge in [-0.15, -0.1) is 0 Å². The van der Waals surface area contributed by atoms with Crippen LogP contribution in [0.5, 0.6) is 0 Å². The topological polar surface area (TPSA) is 103 Å². The Labute approximate surface area is 213 Å². The summed E-state index contributed by atoms with van der Waals surface area (Å²) in [5.41, 5.74) is 0.660. The van der Waals surface area contributed by atoms with E-state index in [1.54, 1.807) is 36.2 Å². The number of ether oxygens (including phenoxy) is 1. The van der Waals surface area contributed by atoms with Crippen molar-refractivity contribution in [3.05, 3.63) is 58.9 Å². The van der Waals surface area contributed by atoms with E-state index in [9.17, 15) is 18.8 Å². The first kappa shape index (κ1) is 25.9. The second-order valence-electron chi connectivity index (χ2n) is 8.83. The zero-order chi connectivity index (χ0) is 25.8. The molecule has 2 aliphatic rings. The average molecular weight is 518 g/mol. The molecule has 0 aromatic heterocycles. The third-order valence-corrected chi connectivity index (χ3v) is 6.83. The zero-order valence-electron chi connectivity index (χ0n) is 20.1. The Morgan fingerprint density at radius 2 is 1.83 bits per heavy atom. The molecule has 1 unspecified atom stereocenters. The molecular formula is C25H29ClFN5O4. The first-order valence-corrected chi connectivity index (χ1v) is 12.1. The Morgan fingerprint density at radius 1 is 1.08 bits per heavy atom. The molecule has 0 aliphatic carbocycles. The van der Waals surface area contributed by atoms with Gasteiger partial charge in [0.15, 0.2) is 0 Å². The summed E-state index contributed by atoms with van der Waals surface area (Å²) < 4.78 is 20.3. The Kier molecular flexibility index (Phi) is 8.07. The molecular weight excluding hydrogens is 489 g/mol. The smallest absolute Gasteiger partial charge is 0.322 e. The van der Waals surface area contributed by atoms with Crippen LogP contribution in [0.1, 0.15) is 29.6 Å². The number of urea groups is 1. The molecule has 4 rings (SSSR count). The van der Waals surface area contributed by atoms with E-state index < -0.39 is 23.8 Å². The molecule has 0 spiro atoms. The fraction of sp³-hybridized carbons (Fsp3) is 0.400. The number of anilines is 2. The minimum absolute atomic E-state index is 0.0675. The number of methoxy groups -OCH3 is 1. The van der Waals surface area contributed by atoms with E-state index in [0.717, 1.165) is 18.9 Å². The third-order valence-electron chi connectivity index (χ3n) is 6.58. The van der Waals surface area contributed by atoms with Crippen molar-refractivity contribution in [3.8, 4) is 0 Å². The van der Waals surface area contributed by atoms with Gasteiger partial charge in [-0.25, -0.2) is 9.18 Å². The Balaban J connectivity index is 1.45. The fourth-order valence-corrected chi connectivity index (χ4v) is 4.74. The van der Waals surface area contributed by atoms with Gasteiger partial charge in [0, 0.05) is 42.9 Å². The summed E-state index contributed by atoms with van der Waals surface area (Å²) in [6.45, 7) is 0.799. The van der Waals surface area contributed by atoms with Crippen LogP contribution in [0.4, 0.5) is 20.6 Å². The van der Waals surface area contributed by atoms with E-state index in [2.05, 4.69) is 16.0 Å². The molecule has 0 bridgehead atoms. The van der Waals surface area contributed by atoms with Gasteiger partial charge in [0.2, 0.25) is 5.91 Å². The van der Waals surface area contributed by atoms with Crippen LogP contribution in [0, 0.1) is 5.82 Å². The standard InChI is InChI=1S/C25H29ClFN5O4/c1-28-22-4-3-11-31(22)24(34)15-5-10-20(19(27)12-15)30-23(33)21-13-18(36-2)14-32(21)25(35)29-17-8-6-16(26)7-9-17/h5-10,12,18,21-22,28H,3-4,11,13-14H2,1-2H3,(H,29,35)(H,30,33)/t18-,21-,22?/m1/s1. The molecule has 2 heterocycles. The van der Waals surface area contributed by atoms with Gasteiger partial charge >= 0.3 is 6.03 Å². The van der Waals surface area contributed by atoms with E-state index in [1.165, 1.54) is 24.1 Å². The Hall–Kier alpha value is -3.21. The van der Waals surface area contributed by atoms with Gasteiger partial charge in [-0.3, -0.25) is 9.59 Å². The van der Waals surface area contributed by atoms with E-state index in [1.807, 2.05) is 0 Å². The van der Waals surface area contributed by atoms with Crippen LogP contribution in [0.2, 0.25) is 5.02 Å². The lowest BCUT2D eigenvalue weighted by molar-refractivity contribution is -0.119. The number of likely N-dealkylation sites (tertiary alicyclic amines) is 2. The van der Waals surface area contributed by atoms with Crippen LogP contribution >= 0.6 is 11.6 Å². The fourth-order valence-electron chi connectivity index (χ4n) is 4.61. The highest BCUT2D eigenvalue weighted by Gasteiger charge is 2.40. The van der Waals surface area contributed by atoms with Gasteiger partial charge in [0.05, 0.1) is 18.0 Å². The van der Waals surface area contributed by atoms with Crippen LogP contribution in [-0.2, 0) is 9.53 Å². The number of amides is 4. The molecule has 36 heavy (non-hydrogen) atoms. The minimum Gasteiger partial charge on any atom is -0.380 e. The van der Waals surface area contributed by atoms with Crippen molar-refractivity contribution in [1.82, 2.24) is 15.1 Å². The molecule has 2 fully saturated rings. The van der Waals surface area contributed by atoms with Crippen molar-refractivity contribution in [1.29, 1.82) is 0 Å². The SMILES string of the molecule is CNC1CCCN1C(=O)c1ccc(NC(=O)[C@H]2C[C@@H](OC)CN2C(=O)Nc2ccc(Cl)cc2)c(F)c1. The number of carbonyl (C=O) groups is 3. The number of carbonyl (C=O) groups excluding carboxylic acids is 3. The molecule has 2 aromatic rings. The number of benzene rings is 2. The highest BCUT2D eigenvalue weighted by atomic mass is 35.5. The van der Waals surface area contributed by atoms with Crippen molar-refractivity contribution in [2.45, 2.75) is 37.6 Å². The Bertz CT molecular complexity index is 1130. The monoisotopic (exact) mass is 517 g/mol. The predicted molar refractivity (Wildman–Crippen MR) is 135 cm³/mol. The molecule has 3 atom stereocenters. The summed E-state index contributed by atoms with van der Waals surface area (Å²) in [6.07, 6.45) is 1.54. The highest BCUT2D eigenvalue weighted by molar-refractivity contribution is 6.30. The van der Waals surface area contributed by atoms with Gasteiger partial charge in [-0.1, -0.05) is 11.6 Å². The van der Waals surface area contributed by atoms with Crippen molar-refractivity contribution in [2.75, 3.05) is 37.9 Å².